The Morgan fingerprint density at radius 2 is 1.37 bits per heavy atom. The lowest BCUT2D eigenvalue weighted by Crippen LogP contribution is -2.22. The van der Waals surface area contributed by atoms with E-state index in [2.05, 4.69) is 92.9 Å². The first-order valence-electron chi connectivity index (χ1n) is 10.6. The molecule has 0 atom stereocenters. The van der Waals surface area contributed by atoms with Crippen molar-refractivity contribution >= 4 is 49.0 Å². The van der Waals surface area contributed by atoms with Crippen molar-refractivity contribution in [1.82, 2.24) is 9.38 Å². The molecule has 3 nitrogen and oxygen atoms in total. The summed E-state index contributed by atoms with van der Waals surface area (Å²) in [5.41, 5.74) is 5.07. The van der Waals surface area contributed by atoms with Gasteiger partial charge in [0.1, 0.15) is 5.65 Å². The Balaban J connectivity index is 1.71. The van der Waals surface area contributed by atoms with Crippen molar-refractivity contribution in [3.05, 3.63) is 71.9 Å². The lowest BCUT2D eigenvalue weighted by Gasteiger charge is -2.24. The Morgan fingerprint density at radius 1 is 0.733 bits per heavy atom. The molecule has 4 aromatic carbocycles. The molecule has 146 valence electrons. The predicted octanol–water partition coefficient (Wildman–Crippen LogP) is 6.89. The average molecular weight is 390 g/mol. The van der Waals surface area contributed by atoms with Crippen molar-refractivity contribution < 1.29 is 4.74 Å². The molecule has 0 fully saturated rings. The maximum atomic E-state index is 6.39. The Hall–Kier alpha value is -3.17. The zero-order valence-electron chi connectivity index (χ0n) is 17.6. The minimum absolute atomic E-state index is 0.312. The smallest absolute Gasteiger partial charge is 0.145 e. The molecular formula is C27H22N2O. The number of nitrogens with zero attached hydrogens (tertiary/aromatic N) is 2. The number of pyridine rings is 1. The van der Waals surface area contributed by atoms with E-state index in [4.69, 9.17) is 9.72 Å². The molecule has 3 heteroatoms. The average Bonchev–Trinajstić information content (AvgIpc) is 3.29. The third-order valence-electron chi connectivity index (χ3n) is 6.98. The predicted molar refractivity (Wildman–Crippen MR) is 124 cm³/mol. The Labute approximate surface area is 174 Å². The van der Waals surface area contributed by atoms with Gasteiger partial charge in [0, 0.05) is 22.4 Å². The molecule has 0 unspecified atom stereocenters. The number of imidazole rings is 1. The van der Waals surface area contributed by atoms with Gasteiger partial charge >= 0.3 is 0 Å². The van der Waals surface area contributed by atoms with Crippen LogP contribution in [-0.4, -0.2) is 9.38 Å². The topological polar surface area (TPSA) is 26.5 Å². The summed E-state index contributed by atoms with van der Waals surface area (Å²) in [5.74, 6) is 0. The number of hydrogen-bond donors (Lipinski definition) is 0. The van der Waals surface area contributed by atoms with Gasteiger partial charge < -0.3 is 4.74 Å². The van der Waals surface area contributed by atoms with E-state index < -0.39 is 0 Å². The quantitative estimate of drug-likeness (QED) is 0.282. The van der Waals surface area contributed by atoms with Gasteiger partial charge in [0.15, 0.2) is 0 Å². The SMILES string of the molecule is CC1(C)OC(C)(C)c2cc3c(cc21)nc1c2cccc4c5ccccc5c(cn31)c42. The standard InChI is InChI=1S/C27H22N2O/c1-26(2)20-12-22-23(13-21(20)27(3,4)30-26)29-14-19-16-9-6-5-8-15(16)17-10-7-11-18(24(17)19)25(29)28-22/h5-14H,1-4H3. The van der Waals surface area contributed by atoms with Crippen molar-refractivity contribution in [3.8, 4) is 0 Å². The second-order valence-corrected chi connectivity index (χ2v) is 9.63. The zero-order valence-corrected chi connectivity index (χ0v) is 17.6. The molecule has 0 radical (unpaired) electrons. The van der Waals surface area contributed by atoms with Gasteiger partial charge in [0.2, 0.25) is 0 Å². The number of fused-ring (bicyclic) bond motifs is 8. The number of benzene rings is 3. The summed E-state index contributed by atoms with van der Waals surface area (Å²) in [5, 5.41) is 7.75. The van der Waals surface area contributed by atoms with E-state index in [9.17, 15) is 0 Å². The van der Waals surface area contributed by atoms with Crippen LogP contribution < -0.4 is 0 Å². The molecule has 1 aliphatic rings. The maximum absolute atomic E-state index is 6.39. The second-order valence-electron chi connectivity index (χ2n) is 9.63. The monoisotopic (exact) mass is 390 g/mol. The molecule has 0 saturated heterocycles. The van der Waals surface area contributed by atoms with Gasteiger partial charge in [-0.3, -0.25) is 4.40 Å². The second kappa shape index (κ2) is 4.93. The Morgan fingerprint density at radius 3 is 2.13 bits per heavy atom. The van der Waals surface area contributed by atoms with Gasteiger partial charge in [-0.05, 0) is 67.1 Å². The Kier molecular flexibility index (Phi) is 2.73. The van der Waals surface area contributed by atoms with E-state index in [1.54, 1.807) is 0 Å². The van der Waals surface area contributed by atoms with Crippen LogP contribution in [0.25, 0.3) is 49.0 Å². The van der Waals surface area contributed by atoms with Crippen LogP contribution in [0.1, 0.15) is 38.8 Å². The molecule has 6 aromatic rings. The first kappa shape index (κ1) is 16.6. The van der Waals surface area contributed by atoms with E-state index >= 15 is 0 Å². The Bertz CT molecular complexity index is 1670. The van der Waals surface area contributed by atoms with E-state index in [0.29, 0.717) is 0 Å². The van der Waals surface area contributed by atoms with Gasteiger partial charge in [-0.1, -0.05) is 42.5 Å². The fraction of sp³-hybridized carbons (Fsp3) is 0.222. The van der Waals surface area contributed by atoms with E-state index in [-0.39, 0.29) is 11.2 Å². The first-order chi connectivity index (χ1) is 14.4. The van der Waals surface area contributed by atoms with Crippen molar-refractivity contribution in [1.29, 1.82) is 0 Å². The molecule has 0 spiro atoms. The summed E-state index contributed by atoms with van der Waals surface area (Å²) in [7, 11) is 0. The molecule has 0 bridgehead atoms. The summed E-state index contributed by atoms with van der Waals surface area (Å²) in [6.45, 7) is 8.62. The lowest BCUT2D eigenvalue weighted by atomic mass is 9.90. The van der Waals surface area contributed by atoms with Crippen LogP contribution >= 0.6 is 0 Å². The molecule has 30 heavy (non-hydrogen) atoms. The van der Waals surface area contributed by atoms with Crippen LogP contribution in [0.4, 0.5) is 0 Å². The van der Waals surface area contributed by atoms with Gasteiger partial charge in [-0.15, -0.1) is 0 Å². The molecule has 7 rings (SSSR count). The maximum Gasteiger partial charge on any atom is 0.145 e. The van der Waals surface area contributed by atoms with Crippen molar-refractivity contribution in [3.63, 3.8) is 0 Å². The number of hydrogen-bond acceptors (Lipinski definition) is 2. The molecule has 0 saturated carbocycles. The normalized spacial score (nSPS) is 17.7. The van der Waals surface area contributed by atoms with Crippen LogP contribution in [0.3, 0.4) is 0 Å². The van der Waals surface area contributed by atoms with Crippen LogP contribution in [0.5, 0.6) is 0 Å². The first-order valence-corrected chi connectivity index (χ1v) is 10.6. The van der Waals surface area contributed by atoms with E-state index in [1.165, 1.54) is 43.4 Å². The third-order valence-corrected chi connectivity index (χ3v) is 6.98. The molecule has 3 heterocycles. The summed E-state index contributed by atoms with van der Waals surface area (Å²) in [4.78, 5) is 5.11. The molecule has 0 aliphatic carbocycles. The molecular weight excluding hydrogens is 368 g/mol. The minimum Gasteiger partial charge on any atom is -0.360 e. The lowest BCUT2D eigenvalue weighted by molar-refractivity contribution is -0.105. The number of rotatable bonds is 0. The fourth-order valence-electron chi connectivity index (χ4n) is 5.81. The van der Waals surface area contributed by atoms with Crippen LogP contribution in [0.15, 0.2) is 60.8 Å². The molecule has 0 amide bonds. The van der Waals surface area contributed by atoms with Gasteiger partial charge in [-0.2, -0.15) is 0 Å². The van der Waals surface area contributed by atoms with Gasteiger partial charge in [0.25, 0.3) is 0 Å². The summed E-state index contributed by atoms with van der Waals surface area (Å²) < 4.78 is 8.67. The molecule has 0 N–H and O–H groups in total. The van der Waals surface area contributed by atoms with Gasteiger partial charge in [-0.25, -0.2) is 4.98 Å². The molecule has 1 aliphatic heterocycles. The van der Waals surface area contributed by atoms with Gasteiger partial charge in [0.05, 0.1) is 22.2 Å². The largest absolute Gasteiger partial charge is 0.360 e. The third kappa shape index (κ3) is 1.83. The highest BCUT2D eigenvalue weighted by Gasteiger charge is 2.43. The highest BCUT2D eigenvalue weighted by molar-refractivity contribution is 6.31. The van der Waals surface area contributed by atoms with Crippen LogP contribution in [-0.2, 0) is 15.9 Å². The summed E-state index contributed by atoms with van der Waals surface area (Å²) >= 11 is 0. The highest BCUT2D eigenvalue weighted by Crippen LogP contribution is 2.48. The minimum atomic E-state index is -0.315. The van der Waals surface area contributed by atoms with Crippen molar-refractivity contribution in [2.45, 2.75) is 38.9 Å². The van der Waals surface area contributed by atoms with Crippen molar-refractivity contribution in [2.75, 3.05) is 0 Å². The number of aromatic nitrogens is 2. The van der Waals surface area contributed by atoms with Crippen molar-refractivity contribution in [2.24, 2.45) is 0 Å². The summed E-state index contributed by atoms with van der Waals surface area (Å²) in [6, 6.07) is 19.8. The molecule has 2 aromatic heterocycles. The summed E-state index contributed by atoms with van der Waals surface area (Å²) in [6.07, 6.45) is 2.28. The van der Waals surface area contributed by atoms with E-state index in [1.807, 2.05) is 0 Å². The van der Waals surface area contributed by atoms with Crippen LogP contribution in [0.2, 0.25) is 0 Å². The zero-order chi connectivity index (χ0) is 20.4. The van der Waals surface area contributed by atoms with Crippen LogP contribution in [0, 0.1) is 0 Å². The van der Waals surface area contributed by atoms with E-state index in [0.717, 1.165) is 16.7 Å². The number of ether oxygens (including phenoxy) is 1. The highest BCUT2D eigenvalue weighted by atomic mass is 16.5. The fourth-order valence-corrected chi connectivity index (χ4v) is 5.81.